The van der Waals surface area contributed by atoms with Crippen LogP contribution in [0.25, 0.3) is 10.8 Å². The van der Waals surface area contributed by atoms with E-state index in [1.807, 2.05) is 60.7 Å². The number of benzene rings is 7. The SMILES string of the molecule is CN(c1ccc2c(c1)CCO2)C(C)(C)C.COc1ccc(NC(C)(C)C)cc1.COc1ccc(NC(C)(C)C)cc1.COc1ccc2c(c1)CCCN2C(C)(C)C.COc1cccc2cc(N(C)C(C)(C)C)ccc12.CSc1ccc(N(C)C(C)(C)C)cc1. The molecule has 2 aliphatic rings. The topological polar surface area (TPSA) is 83.2 Å². The number of anilines is 6. The Morgan fingerprint density at radius 3 is 1.37 bits per heavy atom. The predicted octanol–water partition coefficient (Wildman–Crippen LogP) is 19.6. The lowest BCUT2D eigenvalue weighted by molar-refractivity contribution is 0.357. The van der Waals surface area contributed by atoms with Crippen molar-refractivity contribution in [2.45, 2.75) is 182 Å². The van der Waals surface area contributed by atoms with Gasteiger partial charge in [-0.05, 0) is 294 Å². The number of rotatable bonds is 10. The van der Waals surface area contributed by atoms with Crippen LogP contribution < -0.4 is 53.9 Å². The quantitative estimate of drug-likeness (QED) is 0.128. The Bertz CT molecular complexity index is 3160. The van der Waals surface area contributed by atoms with Crippen LogP contribution in [0.2, 0.25) is 0 Å². The molecule has 0 unspecified atom stereocenters. The zero-order valence-corrected chi connectivity index (χ0v) is 60.4. The summed E-state index contributed by atoms with van der Waals surface area (Å²) in [6, 6.07) is 50.1. The van der Waals surface area contributed by atoms with Crippen molar-refractivity contribution in [3.8, 4) is 28.7 Å². The van der Waals surface area contributed by atoms with Gasteiger partial charge in [-0.3, -0.25) is 0 Å². The minimum absolute atomic E-state index is 0.106. The number of ether oxygens (including phenoxy) is 5. The summed E-state index contributed by atoms with van der Waals surface area (Å²) in [7, 11) is 13.2. The van der Waals surface area contributed by atoms with Crippen molar-refractivity contribution in [2.24, 2.45) is 0 Å². The average molecular weight is 1240 g/mol. The third kappa shape index (κ3) is 24.3. The van der Waals surface area contributed by atoms with Gasteiger partial charge in [0, 0.05) is 112 Å². The molecule has 0 aliphatic carbocycles. The van der Waals surface area contributed by atoms with Gasteiger partial charge < -0.3 is 53.9 Å². The second kappa shape index (κ2) is 32.6. The zero-order valence-electron chi connectivity index (χ0n) is 59.6. The Kier molecular flexibility index (Phi) is 27.3. The maximum absolute atomic E-state index is 5.50. The van der Waals surface area contributed by atoms with Crippen LogP contribution in [0.4, 0.5) is 34.1 Å². The van der Waals surface area contributed by atoms with Crippen LogP contribution in [0.5, 0.6) is 28.7 Å². The van der Waals surface area contributed by atoms with Crippen LogP contribution in [0.3, 0.4) is 0 Å². The number of thioether (sulfide) groups is 1. The highest BCUT2D eigenvalue weighted by atomic mass is 32.2. The van der Waals surface area contributed by atoms with E-state index in [9.17, 15) is 0 Å². The fraction of sp³-hybridized carbons (Fsp3) is 0.481. The van der Waals surface area contributed by atoms with Crippen molar-refractivity contribution in [2.75, 3.05) is 99.2 Å². The molecular formula is C77H114N6O5S. The fourth-order valence-electron chi connectivity index (χ4n) is 9.59. The third-order valence-corrected chi connectivity index (χ3v) is 16.1. The van der Waals surface area contributed by atoms with E-state index in [2.05, 4.69) is 267 Å². The van der Waals surface area contributed by atoms with Crippen molar-refractivity contribution in [1.82, 2.24) is 0 Å². The van der Waals surface area contributed by atoms with Crippen molar-refractivity contribution < 1.29 is 23.7 Å². The van der Waals surface area contributed by atoms with Gasteiger partial charge in [-0.2, -0.15) is 0 Å². The summed E-state index contributed by atoms with van der Waals surface area (Å²) >= 11 is 1.78. The first-order chi connectivity index (χ1) is 41.4. The fourth-order valence-corrected chi connectivity index (χ4v) is 10.00. The molecule has 0 fully saturated rings. The first kappa shape index (κ1) is 74.4. The van der Waals surface area contributed by atoms with Gasteiger partial charge >= 0.3 is 0 Å². The molecule has 2 aliphatic heterocycles. The summed E-state index contributed by atoms with van der Waals surface area (Å²) in [6.07, 6.45) is 5.54. The summed E-state index contributed by atoms with van der Waals surface area (Å²) in [5, 5.41) is 9.12. The Labute approximate surface area is 544 Å². The monoisotopic (exact) mass is 1230 g/mol. The number of aryl methyl sites for hydroxylation is 1. The minimum Gasteiger partial charge on any atom is -0.497 e. The maximum atomic E-state index is 5.50. The number of methoxy groups -OCH3 is 4. The molecule has 0 bridgehead atoms. The van der Waals surface area contributed by atoms with Crippen LogP contribution in [0, 0.1) is 0 Å². The first-order valence-corrected chi connectivity index (χ1v) is 32.6. The van der Waals surface area contributed by atoms with E-state index in [0.717, 1.165) is 65.1 Å². The average Bonchev–Trinajstić information content (AvgIpc) is 2.25. The van der Waals surface area contributed by atoms with Crippen LogP contribution in [0.1, 0.15) is 142 Å². The summed E-state index contributed by atoms with van der Waals surface area (Å²) in [4.78, 5) is 10.7. The normalized spacial score (nSPS) is 12.7. The molecule has 0 amide bonds. The maximum Gasteiger partial charge on any atom is 0.126 e. The van der Waals surface area contributed by atoms with Gasteiger partial charge in [-0.25, -0.2) is 0 Å². The molecule has 0 saturated carbocycles. The molecule has 0 aromatic heterocycles. The van der Waals surface area contributed by atoms with E-state index in [0.29, 0.717) is 0 Å². The van der Waals surface area contributed by atoms with Gasteiger partial charge in [0.25, 0.3) is 0 Å². The van der Waals surface area contributed by atoms with Crippen LogP contribution in [-0.2, 0) is 12.8 Å². The lowest BCUT2D eigenvalue weighted by atomic mass is 9.95. The van der Waals surface area contributed by atoms with Gasteiger partial charge in [-0.1, -0.05) is 12.1 Å². The van der Waals surface area contributed by atoms with Crippen LogP contribution in [0.15, 0.2) is 150 Å². The Hall–Kier alpha value is -7.05. The van der Waals surface area contributed by atoms with Gasteiger partial charge in [0.05, 0.1) is 35.0 Å². The molecule has 0 atom stereocenters. The van der Waals surface area contributed by atoms with E-state index >= 15 is 0 Å². The molecule has 0 spiro atoms. The molecule has 2 N–H and O–H groups in total. The lowest BCUT2D eigenvalue weighted by Crippen LogP contribution is -2.44. The van der Waals surface area contributed by atoms with Gasteiger partial charge in [0.1, 0.15) is 28.7 Å². The number of nitrogens with zero attached hydrogens (tertiary/aromatic N) is 4. The molecular weight excluding hydrogens is 1120 g/mol. The molecule has 11 nitrogen and oxygen atoms in total. The molecule has 0 radical (unpaired) electrons. The molecule has 9 rings (SSSR count). The second-order valence-electron chi connectivity index (χ2n) is 28.8. The smallest absolute Gasteiger partial charge is 0.126 e. The van der Waals surface area contributed by atoms with E-state index in [1.165, 1.54) is 57.0 Å². The van der Waals surface area contributed by atoms with E-state index in [-0.39, 0.29) is 33.2 Å². The van der Waals surface area contributed by atoms with Gasteiger partial charge in [0.2, 0.25) is 0 Å². The minimum atomic E-state index is 0.106. The Morgan fingerprint density at radius 1 is 0.461 bits per heavy atom. The van der Waals surface area contributed by atoms with Crippen LogP contribution >= 0.6 is 11.8 Å². The number of fused-ring (bicyclic) bond motifs is 3. The highest BCUT2D eigenvalue weighted by molar-refractivity contribution is 7.98. The first-order valence-electron chi connectivity index (χ1n) is 31.4. The molecule has 488 valence electrons. The summed E-state index contributed by atoms with van der Waals surface area (Å²) in [5.41, 5.74) is 11.0. The Morgan fingerprint density at radius 2 is 0.921 bits per heavy atom. The molecule has 7 aromatic carbocycles. The summed E-state index contributed by atoms with van der Waals surface area (Å²) < 4.78 is 26.3. The highest BCUT2D eigenvalue weighted by Crippen LogP contribution is 2.36. The highest BCUT2D eigenvalue weighted by Gasteiger charge is 2.27. The van der Waals surface area contributed by atoms with Crippen molar-refractivity contribution >= 4 is 56.7 Å². The van der Waals surface area contributed by atoms with Gasteiger partial charge in [-0.15, -0.1) is 11.8 Å². The molecule has 12 heteroatoms. The standard InChI is InChI=1S/C16H21NO.C14H21NO.C13H19NO.C12H19NS.2C11H17NO/c1-16(2,3)17(4)13-9-10-14-12(11-13)7-6-8-15(14)18-5;1-14(2,3)15-9-5-6-11-10-12(16-4)7-8-13(11)15;1-13(2,3)14(4)11-5-6-12-10(9-11)7-8-15-12;1-12(2,3)13(4)10-6-8-11(14-5)9-7-10;2*1-11(2,3)12-9-5-7-10(13-4)8-6-9/h6-11H,1-5H3;7-8,10H,5-6,9H2,1-4H3;5-6,9H,7-8H2,1-4H3;6-9H,1-5H3;2*5-8,12H,1-4H3. The third-order valence-electron chi connectivity index (χ3n) is 15.4. The molecule has 2 heterocycles. The molecule has 0 saturated heterocycles. The summed E-state index contributed by atoms with van der Waals surface area (Å²) in [6.45, 7) is 41.6. The number of hydrogen-bond donors (Lipinski definition) is 2. The second-order valence-corrected chi connectivity index (χ2v) is 29.7. The van der Waals surface area contributed by atoms with Crippen molar-refractivity contribution in [3.63, 3.8) is 0 Å². The predicted molar refractivity (Wildman–Crippen MR) is 390 cm³/mol. The van der Waals surface area contributed by atoms with E-state index < -0.39 is 0 Å². The van der Waals surface area contributed by atoms with E-state index in [1.54, 1.807) is 40.2 Å². The lowest BCUT2D eigenvalue weighted by Gasteiger charge is -2.41. The largest absolute Gasteiger partial charge is 0.497 e. The Balaban J connectivity index is 0.000000229. The summed E-state index contributed by atoms with van der Waals surface area (Å²) in [5.74, 6) is 4.73. The van der Waals surface area contributed by atoms with Crippen molar-refractivity contribution in [1.29, 1.82) is 0 Å². The van der Waals surface area contributed by atoms with Gasteiger partial charge in [0.15, 0.2) is 0 Å². The number of nitrogens with one attached hydrogen (secondary N) is 2. The zero-order chi connectivity index (χ0) is 66.7. The molecule has 7 aromatic rings. The van der Waals surface area contributed by atoms with Crippen LogP contribution in [-0.4, -0.2) is 102 Å². The molecule has 89 heavy (non-hydrogen) atoms. The van der Waals surface area contributed by atoms with E-state index in [4.69, 9.17) is 23.7 Å². The van der Waals surface area contributed by atoms with Crippen molar-refractivity contribution in [3.05, 3.63) is 157 Å². The number of hydrogen-bond acceptors (Lipinski definition) is 12.